The maximum atomic E-state index is 12.3. The molecule has 0 aromatic heterocycles. The highest BCUT2D eigenvalue weighted by atomic mass is 35.5. The second-order valence-corrected chi connectivity index (χ2v) is 6.41. The highest BCUT2D eigenvalue weighted by Gasteiger charge is 2.18. The van der Waals surface area contributed by atoms with E-state index in [1.807, 2.05) is 53.4 Å². The average Bonchev–Trinajstić information content (AvgIpc) is 2.67. The van der Waals surface area contributed by atoms with Crippen molar-refractivity contribution in [1.29, 1.82) is 5.26 Å². The first kappa shape index (κ1) is 17.8. The molecule has 1 heterocycles. The molecule has 1 aliphatic heterocycles. The molecule has 1 amide bonds. The van der Waals surface area contributed by atoms with Gasteiger partial charge in [0.1, 0.15) is 11.6 Å². The van der Waals surface area contributed by atoms with Crippen LogP contribution in [-0.2, 0) is 4.79 Å². The van der Waals surface area contributed by atoms with Gasteiger partial charge in [-0.25, -0.2) is 0 Å². The normalized spacial score (nSPS) is 14.7. The molecule has 1 fully saturated rings. The van der Waals surface area contributed by atoms with Gasteiger partial charge in [-0.05, 0) is 30.3 Å². The Kier molecular flexibility index (Phi) is 5.77. The third-order valence-corrected chi connectivity index (χ3v) is 4.43. The van der Waals surface area contributed by atoms with E-state index in [9.17, 15) is 10.1 Å². The van der Waals surface area contributed by atoms with Crippen molar-refractivity contribution in [1.82, 2.24) is 4.90 Å². The SMILES string of the molecule is N#C/C(=C\N1CCN(c2cccc(Cl)c2)CC1)C(=O)Nc1ccccc1. The summed E-state index contributed by atoms with van der Waals surface area (Å²) < 4.78 is 0. The molecule has 2 aromatic rings. The number of nitrogens with zero attached hydrogens (tertiary/aromatic N) is 3. The molecule has 0 unspecified atom stereocenters. The highest BCUT2D eigenvalue weighted by Crippen LogP contribution is 2.21. The Labute approximate surface area is 158 Å². The second-order valence-electron chi connectivity index (χ2n) is 5.98. The number of anilines is 2. The van der Waals surface area contributed by atoms with Gasteiger partial charge >= 0.3 is 0 Å². The number of piperazine rings is 1. The summed E-state index contributed by atoms with van der Waals surface area (Å²) in [4.78, 5) is 16.5. The molecule has 26 heavy (non-hydrogen) atoms. The van der Waals surface area contributed by atoms with Crippen molar-refractivity contribution in [3.05, 3.63) is 71.4 Å². The summed E-state index contributed by atoms with van der Waals surface area (Å²) in [5.74, 6) is -0.393. The summed E-state index contributed by atoms with van der Waals surface area (Å²) in [6, 6.07) is 18.9. The number of carbonyl (C=O) groups excluding carboxylic acids is 1. The summed E-state index contributed by atoms with van der Waals surface area (Å²) in [6.45, 7) is 3.07. The number of benzene rings is 2. The molecular formula is C20H19ClN4O. The molecule has 2 aromatic carbocycles. The second kappa shape index (κ2) is 8.41. The monoisotopic (exact) mass is 366 g/mol. The number of carbonyl (C=O) groups is 1. The largest absolute Gasteiger partial charge is 0.373 e. The fourth-order valence-electron chi connectivity index (χ4n) is 2.82. The van der Waals surface area contributed by atoms with E-state index in [0.29, 0.717) is 10.7 Å². The van der Waals surface area contributed by atoms with Gasteiger partial charge in [-0.3, -0.25) is 4.79 Å². The van der Waals surface area contributed by atoms with E-state index in [0.717, 1.165) is 31.9 Å². The van der Waals surface area contributed by atoms with Crippen LogP contribution in [0.3, 0.4) is 0 Å². The van der Waals surface area contributed by atoms with E-state index in [-0.39, 0.29) is 5.57 Å². The van der Waals surface area contributed by atoms with Gasteiger partial charge in [0.25, 0.3) is 5.91 Å². The standard InChI is InChI=1S/C20H19ClN4O/c21-17-5-4-8-19(13-17)25-11-9-24(10-12-25)15-16(14-22)20(26)23-18-6-2-1-3-7-18/h1-8,13,15H,9-12H2,(H,23,26)/b16-15+. The fraction of sp³-hybridized carbons (Fsp3) is 0.200. The van der Waals surface area contributed by atoms with Crippen LogP contribution in [0.4, 0.5) is 11.4 Å². The maximum absolute atomic E-state index is 12.3. The van der Waals surface area contributed by atoms with Crippen LogP contribution in [0.25, 0.3) is 0 Å². The van der Waals surface area contributed by atoms with Crippen LogP contribution in [0.2, 0.25) is 5.02 Å². The first-order valence-corrected chi connectivity index (χ1v) is 8.76. The number of halogens is 1. The zero-order chi connectivity index (χ0) is 18.4. The smallest absolute Gasteiger partial charge is 0.267 e. The Morgan fingerprint density at radius 1 is 1.08 bits per heavy atom. The van der Waals surface area contributed by atoms with Crippen LogP contribution in [0.15, 0.2) is 66.4 Å². The van der Waals surface area contributed by atoms with Crippen LogP contribution < -0.4 is 10.2 Å². The third kappa shape index (κ3) is 4.56. The van der Waals surface area contributed by atoms with Crippen molar-refractivity contribution in [3.63, 3.8) is 0 Å². The highest BCUT2D eigenvalue weighted by molar-refractivity contribution is 6.30. The minimum Gasteiger partial charge on any atom is -0.373 e. The zero-order valence-corrected chi connectivity index (χ0v) is 15.0. The van der Waals surface area contributed by atoms with Gasteiger partial charge < -0.3 is 15.1 Å². The lowest BCUT2D eigenvalue weighted by atomic mass is 10.2. The van der Waals surface area contributed by atoms with E-state index in [2.05, 4.69) is 10.2 Å². The molecule has 0 spiro atoms. The predicted octanol–water partition coefficient (Wildman–Crippen LogP) is 3.51. The van der Waals surface area contributed by atoms with Crippen molar-refractivity contribution in [2.45, 2.75) is 0 Å². The number of hydrogen-bond acceptors (Lipinski definition) is 4. The van der Waals surface area contributed by atoms with Crippen molar-refractivity contribution in [2.24, 2.45) is 0 Å². The van der Waals surface area contributed by atoms with Gasteiger partial charge in [-0.1, -0.05) is 35.9 Å². The Hall–Kier alpha value is -2.97. The summed E-state index contributed by atoms with van der Waals surface area (Å²) >= 11 is 6.05. The molecule has 0 saturated carbocycles. The van der Waals surface area contributed by atoms with Crippen LogP contribution in [0.1, 0.15) is 0 Å². The van der Waals surface area contributed by atoms with Gasteiger partial charge in [0.15, 0.2) is 0 Å². The number of rotatable bonds is 4. The van der Waals surface area contributed by atoms with E-state index in [1.165, 1.54) is 0 Å². The predicted molar refractivity (Wildman–Crippen MR) is 104 cm³/mol. The van der Waals surface area contributed by atoms with E-state index >= 15 is 0 Å². The molecule has 0 bridgehead atoms. The number of para-hydroxylation sites is 1. The molecule has 6 heteroatoms. The van der Waals surface area contributed by atoms with Crippen molar-refractivity contribution in [3.8, 4) is 6.07 Å². The van der Waals surface area contributed by atoms with Crippen LogP contribution >= 0.6 is 11.6 Å². The Morgan fingerprint density at radius 3 is 2.46 bits per heavy atom. The van der Waals surface area contributed by atoms with E-state index in [1.54, 1.807) is 18.3 Å². The van der Waals surface area contributed by atoms with Crippen molar-refractivity contribution >= 4 is 28.9 Å². The Bertz CT molecular complexity index is 836. The minimum absolute atomic E-state index is 0.102. The molecule has 1 N–H and O–H groups in total. The summed E-state index contributed by atoms with van der Waals surface area (Å²) in [5.41, 5.74) is 1.86. The topological polar surface area (TPSA) is 59.4 Å². The lowest BCUT2D eigenvalue weighted by molar-refractivity contribution is -0.112. The molecule has 132 valence electrons. The lowest BCUT2D eigenvalue weighted by Crippen LogP contribution is -2.44. The Morgan fingerprint density at radius 2 is 1.81 bits per heavy atom. The third-order valence-electron chi connectivity index (χ3n) is 4.20. The van der Waals surface area contributed by atoms with Gasteiger partial charge in [-0.15, -0.1) is 0 Å². The van der Waals surface area contributed by atoms with Gasteiger partial charge in [0, 0.05) is 48.8 Å². The number of hydrogen-bond donors (Lipinski definition) is 1. The molecule has 1 aliphatic rings. The minimum atomic E-state index is -0.393. The molecule has 3 rings (SSSR count). The zero-order valence-electron chi connectivity index (χ0n) is 14.2. The Balaban J connectivity index is 1.61. The average molecular weight is 367 g/mol. The number of nitriles is 1. The van der Waals surface area contributed by atoms with Crippen LogP contribution in [0.5, 0.6) is 0 Å². The van der Waals surface area contributed by atoms with Crippen molar-refractivity contribution < 1.29 is 4.79 Å². The first-order chi connectivity index (χ1) is 12.7. The molecule has 0 atom stereocenters. The van der Waals surface area contributed by atoms with Crippen LogP contribution in [-0.4, -0.2) is 37.0 Å². The summed E-state index contributed by atoms with van der Waals surface area (Å²) in [6.07, 6.45) is 1.65. The maximum Gasteiger partial charge on any atom is 0.267 e. The molecule has 0 aliphatic carbocycles. The number of amides is 1. The lowest BCUT2D eigenvalue weighted by Gasteiger charge is -2.35. The van der Waals surface area contributed by atoms with Gasteiger partial charge in [-0.2, -0.15) is 5.26 Å². The van der Waals surface area contributed by atoms with Gasteiger partial charge in [0.05, 0.1) is 0 Å². The first-order valence-electron chi connectivity index (χ1n) is 8.38. The molecule has 0 radical (unpaired) electrons. The molecule has 5 nitrogen and oxygen atoms in total. The quantitative estimate of drug-likeness (QED) is 0.664. The summed E-state index contributed by atoms with van der Waals surface area (Å²) in [7, 11) is 0. The molecular weight excluding hydrogens is 348 g/mol. The molecule has 1 saturated heterocycles. The summed E-state index contributed by atoms with van der Waals surface area (Å²) in [5, 5.41) is 12.8. The van der Waals surface area contributed by atoms with E-state index < -0.39 is 5.91 Å². The fourth-order valence-corrected chi connectivity index (χ4v) is 3.01. The van der Waals surface area contributed by atoms with Gasteiger partial charge in [0.2, 0.25) is 0 Å². The van der Waals surface area contributed by atoms with E-state index in [4.69, 9.17) is 11.6 Å². The van der Waals surface area contributed by atoms with Crippen LogP contribution in [0, 0.1) is 11.3 Å². The van der Waals surface area contributed by atoms with Crippen molar-refractivity contribution in [2.75, 3.05) is 36.4 Å². The number of nitrogens with one attached hydrogen (secondary N) is 1.